The summed E-state index contributed by atoms with van der Waals surface area (Å²) < 4.78 is 0. The van der Waals surface area contributed by atoms with E-state index in [-0.39, 0.29) is 11.9 Å². The smallest absolute Gasteiger partial charge is 0.253 e. The van der Waals surface area contributed by atoms with Crippen LogP contribution in [0.25, 0.3) is 10.9 Å². The molecule has 26 heavy (non-hydrogen) atoms. The molecule has 130 valence electrons. The molecule has 0 bridgehead atoms. The van der Waals surface area contributed by atoms with Crippen molar-refractivity contribution in [1.29, 1.82) is 5.26 Å². The van der Waals surface area contributed by atoms with Crippen molar-refractivity contribution in [2.24, 2.45) is 0 Å². The number of carbonyl (C=O) groups is 1. The molecule has 0 spiro atoms. The van der Waals surface area contributed by atoms with Crippen LogP contribution in [0.4, 0.5) is 5.69 Å². The molecule has 2 aromatic carbocycles. The number of piperidine rings is 1. The monoisotopic (exact) mass is 344 g/mol. The highest BCUT2D eigenvalue weighted by Crippen LogP contribution is 2.22. The van der Waals surface area contributed by atoms with Crippen molar-refractivity contribution in [3.05, 3.63) is 65.9 Å². The van der Waals surface area contributed by atoms with Crippen LogP contribution < -0.4 is 10.2 Å². The zero-order valence-corrected chi connectivity index (χ0v) is 14.4. The van der Waals surface area contributed by atoms with Gasteiger partial charge in [0.1, 0.15) is 0 Å². The predicted octanol–water partition coefficient (Wildman–Crippen LogP) is 3.44. The van der Waals surface area contributed by atoms with Crippen molar-refractivity contribution in [1.82, 2.24) is 10.3 Å². The molecule has 0 aliphatic carbocycles. The molecule has 3 aromatic rings. The summed E-state index contributed by atoms with van der Waals surface area (Å²) in [5, 5.41) is 13.1. The van der Waals surface area contributed by atoms with E-state index < -0.39 is 0 Å². The van der Waals surface area contributed by atoms with Crippen molar-refractivity contribution < 1.29 is 4.79 Å². The third kappa shape index (κ3) is 3.14. The fourth-order valence-corrected chi connectivity index (χ4v) is 3.57. The minimum absolute atomic E-state index is 0.0186. The first-order valence-electron chi connectivity index (χ1n) is 8.87. The molecule has 0 atom stereocenters. The maximum Gasteiger partial charge on any atom is 0.253 e. The molecule has 1 aromatic heterocycles. The van der Waals surface area contributed by atoms with Crippen LogP contribution in [0.2, 0.25) is 0 Å². The Kier molecular flexibility index (Phi) is 4.32. The molecule has 0 unspecified atom stereocenters. The van der Waals surface area contributed by atoms with E-state index in [4.69, 9.17) is 5.26 Å². The second kappa shape index (κ2) is 6.93. The summed E-state index contributed by atoms with van der Waals surface area (Å²) >= 11 is 0. The molecule has 1 fully saturated rings. The third-order valence-electron chi connectivity index (χ3n) is 5.02. The van der Waals surface area contributed by atoms with Gasteiger partial charge < -0.3 is 15.2 Å². The summed E-state index contributed by atoms with van der Waals surface area (Å²) in [6.45, 7) is 1.78. The lowest BCUT2D eigenvalue weighted by Crippen LogP contribution is -2.44. The number of aromatic amines is 1. The summed E-state index contributed by atoms with van der Waals surface area (Å²) in [5.41, 5.74) is 3.39. The maximum absolute atomic E-state index is 12.7. The van der Waals surface area contributed by atoms with Gasteiger partial charge in [-0.25, -0.2) is 0 Å². The van der Waals surface area contributed by atoms with E-state index in [1.165, 1.54) is 0 Å². The Morgan fingerprint density at radius 3 is 2.62 bits per heavy atom. The first-order valence-corrected chi connectivity index (χ1v) is 8.87. The van der Waals surface area contributed by atoms with Crippen LogP contribution in [-0.4, -0.2) is 30.0 Å². The number of aromatic nitrogens is 1. The van der Waals surface area contributed by atoms with Gasteiger partial charge in [0, 0.05) is 36.4 Å². The zero-order chi connectivity index (χ0) is 17.9. The van der Waals surface area contributed by atoms with Crippen molar-refractivity contribution >= 4 is 22.5 Å². The number of benzene rings is 2. The Labute approximate surface area is 152 Å². The highest BCUT2D eigenvalue weighted by Gasteiger charge is 2.22. The molecule has 1 amide bonds. The van der Waals surface area contributed by atoms with Crippen molar-refractivity contribution in [3.8, 4) is 6.07 Å². The maximum atomic E-state index is 12.7. The summed E-state index contributed by atoms with van der Waals surface area (Å²) in [4.78, 5) is 18.1. The minimum Gasteiger partial charge on any atom is -0.371 e. The van der Waals surface area contributed by atoms with E-state index in [1.54, 1.807) is 0 Å². The van der Waals surface area contributed by atoms with Gasteiger partial charge in [-0.2, -0.15) is 5.26 Å². The fraction of sp³-hybridized carbons (Fsp3) is 0.238. The molecule has 5 nitrogen and oxygen atoms in total. The lowest BCUT2D eigenvalue weighted by Gasteiger charge is -2.34. The number of carbonyl (C=O) groups excluding carboxylic acids is 1. The largest absolute Gasteiger partial charge is 0.371 e. The number of hydrogen-bond acceptors (Lipinski definition) is 3. The molecule has 1 saturated heterocycles. The van der Waals surface area contributed by atoms with Crippen LogP contribution in [-0.2, 0) is 0 Å². The number of para-hydroxylation sites is 1. The topological polar surface area (TPSA) is 71.9 Å². The minimum atomic E-state index is -0.0186. The Morgan fingerprint density at radius 2 is 1.88 bits per heavy atom. The number of fused-ring (bicyclic) bond motifs is 1. The summed E-state index contributed by atoms with van der Waals surface area (Å²) in [6.07, 6.45) is 3.68. The molecule has 4 rings (SSSR count). The number of H-pyrrole nitrogens is 1. The number of anilines is 1. The Morgan fingerprint density at radius 1 is 1.12 bits per heavy atom. The number of nitrogens with one attached hydrogen (secondary N) is 2. The molecular weight excluding hydrogens is 324 g/mol. The van der Waals surface area contributed by atoms with Crippen molar-refractivity contribution in [2.45, 2.75) is 18.9 Å². The van der Waals surface area contributed by atoms with Crippen LogP contribution in [0.3, 0.4) is 0 Å². The normalized spacial score (nSPS) is 15.0. The quantitative estimate of drug-likeness (QED) is 0.764. The molecule has 5 heteroatoms. The number of rotatable bonds is 3. The van der Waals surface area contributed by atoms with Gasteiger partial charge in [-0.1, -0.05) is 12.1 Å². The highest BCUT2D eigenvalue weighted by molar-refractivity contribution is 6.05. The summed E-state index contributed by atoms with van der Waals surface area (Å²) in [6, 6.07) is 17.7. The average molecular weight is 344 g/mol. The van der Waals surface area contributed by atoms with Crippen LogP contribution in [0.1, 0.15) is 28.8 Å². The van der Waals surface area contributed by atoms with E-state index in [0.29, 0.717) is 11.1 Å². The van der Waals surface area contributed by atoms with E-state index in [0.717, 1.165) is 42.5 Å². The predicted molar refractivity (Wildman–Crippen MR) is 102 cm³/mol. The first-order chi connectivity index (χ1) is 12.7. The SMILES string of the molecule is N#Cc1ccc(N2CCC(NC(=O)c3cccc4cc[nH]c34)CC2)cc1. The Bertz CT molecular complexity index is 960. The lowest BCUT2D eigenvalue weighted by molar-refractivity contribution is 0.0932. The lowest BCUT2D eigenvalue weighted by atomic mass is 10.0. The van der Waals surface area contributed by atoms with Gasteiger partial charge in [0.05, 0.1) is 22.7 Å². The summed E-state index contributed by atoms with van der Waals surface area (Å²) in [5.74, 6) is -0.0186. The van der Waals surface area contributed by atoms with Gasteiger partial charge in [-0.3, -0.25) is 4.79 Å². The Balaban J connectivity index is 1.38. The molecular formula is C21H20N4O. The molecule has 2 heterocycles. The van der Waals surface area contributed by atoms with Crippen LogP contribution in [0, 0.1) is 11.3 Å². The van der Waals surface area contributed by atoms with Gasteiger partial charge in [0.25, 0.3) is 5.91 Å². The average Bonchev–Trinajstić information content (AvgIpc) is 3.17. The number of hydrogen-bond donors (Lipinski definition) is 2. The molecule has 0 radical (unpaired) electrons. The third-order valence-corrected chi connectivity index (χ3v) is 5.02. The van der Waals surface area contributed by atoms with Gasteiger partial charge in [-0.05, 0) is 49.2 Å². The second-order valence-electron chi connectivity index (χ2n) is 6.64. The zero-order valence-electron chi connectivity index (χ0n) is 14.4. The van der Waals surface area contributed by atoms with Crippen LogP contribution in [0.15, 0.2) is 54.7 Å². The molecule has 2 N–H and O–H groups in total. The standard InChI is InChI=1S/C21H20N4O/c22-14-15-4-6-18(7-5-15)25-12-9-17(10-13-25)24-21(26)19-3-1-2-16-8-11-23-20(16)19/h1-8,11,17,23H,9-10,12-13H2,(H,24,26). The fourth-order valence-electron chi connectivity index (χ4n) is 3.57. The van der Waals surface area contributed by atoms with Crippen molar-refractivity contribution in [2.75, 3.05) is 18.0 Å². The molecule has 1 aliphatic rings. The second-order valence-corrected chi connectivity index (χ2v) is 6.64. The van der Waals surface area contributed by atoms with Gasteiger partial charge in [0.15, 0.2) is 0 Å². The van der Waals surface area contributed by atoms with Gasteiger partial charge in [-0.15, -0.1) is 0 Å². The van der Waals surface area contributed by atoms with E-state index in [2.05, 4.69) is 21.3 Å². The summed E-state index contributed by atoms with van der Waals surface area (Å²) in [7, 11) is 0. The number of amides is 1. The number of nitrogens with zero attached hydrogens (tertiary/aromatic N) is 2. The Hall–Kier alpha value is -3.26. The van der Waals surface area contributed by atoms with Gasteiger partial charge >= 0.3 is 0 Å². The van der Waals surface area contributed by atoms with Crippen LogP contribution in [0.5, 0.6) is 0 Å². The first kappa shape index (κ1) is 16.2. The molecule has 0 saturated carbocycles. The molecule has 1 aliphatic heterocycles. The van der Waals surface area contributed by atoms with E-state index in [1.807, 2.05) is 54.7 Å². The van der Waals surface area contributed by atoms with E-state index >= 15 is 0 Å². The van der Waals surface area contributed by atoms with Crippen molar-refractivity contribution in [3.63, 3.8) is 0 Å². The van der Waals surface area contributed by atoms with Gasteiger partial charge in [0.2, 0.25) is 0 Å². The van der Waals surface area contributed by atoms with Crippen LogP contribution >= 0.6 is 0 Å². The number of nitriles is 1. The van der Waals surface area contributed by atoms with E-state index in [9.17, 15) is 4.79 Å². The highest BCUT2D eigenvalue weighted by atomic mass is 16.1.